The van der Waals surface area contributed by atoms with Crippen LogP contribution in [0.15, 0.2) is 41.4 Å². The van der Waals surface area contributed by atoms with Crippen molar-refractivity contribution in [3.05, 3.63) is 53.2 Å². The lowest BCUT2D eigenvalue weighted by Crippen LogP contribution is -2.36. The van der Waals surface area contributed by atoms with Crippen LogP contribution in [0.1, 0.15) is 21.5 Å². The summed E-state index contributed by atoms with van der Waals surface area (Å²) in [6.07, 6.45) is 2.87. The van der Waals surface area contributed by atoms with Crippen LogP contribution in [0.4, 0.5) is 5.82 Å². The molecule has 1 aromatic heterocycles. The van der Waals surface area contributed by atoms with E-state index in [-0.39, 0.29) is 10.8 Å². The summed E-state index contributed by atoms with van der Waals surface area (Å²) >= 11 is 0. The number of morpholine rings is 1. The molecule has 2 heterocycles. The largest absolute Gasteiger partial charge is 0.378 e. The van der Waals surface area contributed by atoms with E-state index in [1.165, 1.54) is 12.1 Å². The van der Waals surface area contributed by atoms with Gasteiger partial charge in [0.25, 0.3) is 5.91 Å². The summed E-state index contributed by atoms with van der Waals surface area (Å²) in [6.45, 7) is 5.13. The molecule has 0 radical (unpaired) electrons. The second-order valence-corrected chi connectivity index (χ2v) is 8.57. The van der Waals surface area contributed by atoms with Gasteiger partial charge in [0.2, 0.25) is 0 Å². The lowest BCUT2D eigenvalue weighted by Gasteiger charge is -2.27. The molecule has 1 aromatic carbocycles. The Balaban J connectivity index is 1.65. The van der Waals surface area contributed by atoms with Crippen molar-refractivity contribution in [3.8, 4) is 0 Å². The van der Waals surface area contributed by atoms with Crippen molar-refractivity contribution in [1.82, 2.24) is 10.3 Å². The highest BCUT2D eigenvalue weighted by atomic mass is 32.2. The van der Waals surface area contributed by atoms with Gasteiger partial charge in [-0.2, -0.15) is 0 Å². The molecule has 3 rings (SSSR count). The van der Waals surface area contributed by atoms with Crippen LogP contribution in [0.5, 0.6) is 0 Å². The fourth-order valence-electron chi connectivity index (χ4n) is 2.85. The van der Waals surface area contributed by atoms with Crippen LogP contribution in [0.2, 0.25) is 0 Å². The van der Waals surface area contributed by atoms with Crippen molar-refractivity contribution in [2.45, 2.75) is 18.4 Å². The number of hydrogen-bond acceptors (Lipinski definition) is 6. The second-order valence-electron chi connectivity index (χ2n) is 6.56. The molecular weight excluding hydrogens is 366 g/mol. The van der Waals surface area contributed by atoms with E-state index in [1.54, 1.807) is 19.2 Å². The third-order valence-corrected chi connectivity index (χ3v) is 5.59. The third-order valence-electron chi connectivity index (χ3n) is 4.48. The first-order valence-corrected chi connectivity index (χ1v) is 10.6. The van der Waals surface area contributed by atoms with Gasteiger partial charge in [-0.05, 0) is 36.2 Å². The molecule has 1 aliphatic heterocycles. The van der Waals surface area contributed by atoms with Crippen molar-refractivity contribution in [3.63, 3.8) is 0 Å². The lowest BCUT2D eigenvalue weighted by atomic mass is 10.1. The van der Waals surface area contributed by atoms with Crippen molar-refractivity contribution in [2.24, 2.45) is 0 Å². The second kappa shape index (κ2) is 8.06. The van der Waals surface area contributed by atoms with E-state index < -0.39 is 9.84 Å². The Morgan fingerprint density at radius 1 is 1.22 bits per heavy atom. The fourth-order valence-corrected chi connectivity index (χ4v) is 3.50. The summed E-state index contributed by atoms with van der Waals surface area (Å²) in [5.41, 5.74) is 1.95. The zero-order chi connectivity index (χ0) is 19.4. The maximum absolute atomic E-state index is 12.5. The number of nitrogens with one attached hydrogen (secondary N) is 1. The Morgan fingerprint density at radius 3 is 2.59 bits per heavy atom. The van der Waals surface area contributed by atoms with E-state index in [9.17, 15) is 13.2 Å². The molecule has 1 fully saturated rings. The SMILES string of the molecule is Cc1ccc(S(C)(=O)=O)cc1C(=O)NCc1ccc(N2CCOCC2)nc1. The predicted octanol–water partition coefficient (Wildman–Crippen LogP) is 1.56. The Labute approximate surface area is 159 Å². The third kappa shape index (κ3) is 4.84. The average molecular weight is 389 g/mol. The summed E-state index contributed by atoms with van der Waals surface area (Å²) in [5.74, 6) is 0.584. The number of sulfone groups is 1. The minimum absolute atomic E-state index is 0.134. The summed E-state index contributed by atoms with van der Waals surface area (Å²) in [5, 5.41) is 2.83. The number of rotatable bonds is 5. The number of hydrogen-bond donors (Lipinski definition) is 1. The van der Waals surface area contributed by atoms with Crippen LogP contribution >= 0.6 is 0 Å². The van der Waals surface area contributed by atoms with Gasteiger partial charge >= 0.3 is 0 Å². The fraction of sp³-hybridized carbons (Fsp3) is 0.368. The number of amides is 1. The van der Waals surface area contributed by atoms with Crippen molar-refractivity contribution >= 4 is 21.6 Å². The number of carbonyl (C=O) groups is 1. The quantitative estimate of drug-likeness (QED) is 0.835. The number of nitrogens with zero attached hydrogens (tertiary/aromatic N) is 2. The van der Waals surface area contributed by atoms with Gasteiger partial charge in [-0.25, -0.2) is 13.4 Å². The molecule has 0 bridgehead atoms. The molecule has 7 nitrogen and oxygen atoms in total. The maximum atomic E-state index is 12.5. The van der Waals surface area contributed by atoms with E-state index >= 15 is 0 Å². The van der Waals surface area contributed by atoms with Crippen LogP contribution in [-0.2, 0) is 21.1 Å². The van der Waals surface area contributed by atoms with Gasteiger partial charge in [-0.3, -0.25) is 4.79 Å². The van der Waals surface area contributed by atoms with E-state index in [2.05, 4.69) is 15.2 Å². The Kier molecular flexibility index (Phi) is 5.76. The molecule has 27 heavy (non-hydrogen) atoms. The van der Waals surface area contributed by atoms with E-state index in [0.29, 0.717) is 25.3 Å². The standard InChI is InChI=1S/C19H23N3O4S/c1-14-3-5-16(27(2,24)25)11-17(14)19(23)21-13-15-4-6-18(20-12-15)22-7-9-26-10-8-22/h3-6,11-12H,7-10,13H2,1-2H3,(H,21,23). The molecule has 8 heteroatoms. The topological polar surface area (TPSA) is 88.6 Å². The number of aromatic nitrogens is 1. The highest BCUT2D eigenvalue weighted by molar-refractivity contribution is 7.90. The summed E-state index contributed by atoms with van der Waals surface area (Å²) < 4.78 is 28.8. The first-order chi connectivity index (χ1) is 12.8. The Bertz CT molecular complexity index is 920. The van der Waals surface area contributed by atoms with Gasteiger partial charge < -0.3 is 15.0 Å². The van der Waals surface area contributed by atoms with E-state index in [1.807, 2.05) is 12.1 Å². The van der Waals surface area contributed by atoms with Crippen LogP contribution in [0.25, 0.3) is 0 Å². The highest BCUT2D eigenvalue weighted by Crippen LogP contribution is 2.16. The predicted molar refractivity (Wildman–Crippen MR) is 103 cm³/mol. The molecule has 0 saturated carbocycles. The van der Waals surface area contributed by atoms with Gasteiger partial charge in [0.1, 0.15) is 5.82 Å². The first-order valence-electron chi connectivity index (χ1n) is 8.71. The normalized spacial score (nSPS) is 14.8. The van der Waals surface area contributed by atoms with Gasteiger partial charge in [-0.15, -0.1) is 0 Å². The van der Waals surface area contributed by atoms with Crippen LogP contribution in [-0.4, -0.2) is 51.9 Å². The molecule has 1 amide bonds. The average Bonchev–Trinajstić information content (AvgIpc) is 2.66. The maximum Gasteiger partial charge on any atom is 0.251 e. The number of benzene rings is 1. The molecule has 0 atom stereocenters. The zero-order valence-electron chi connectivity index (χ0n) is 15.4. The highest BCUT2D eigenvalue weighted by Gasteiger charge is 2.15. The number of anilines is 1. The Morgan fingerprint density at radius 2 is 1.96 bits per heavy atom. The van der Waals surface area contributed by atoms with E-state index in [0.717, 1.165) is 36.3 Å². The summed E-state index contributed by atoms with van der Waals surface area (Å²) in [6, 6.07) is 8.43. The zero-order valence-corrected chi connectivity index (χ0v) is 16.3. The molecule has 2 aromatic rings. The van der Waals surface area contributed by atoms with Gasteiger partial charge in [0.05, 0.1) is 18.1 Å². The van der Waals surface area contributed by atoms with Crippen LogP contribution in [0.3, 0.4) is 0 Å². The lowest BCUT2D eigenvalue weighted by molar-refractivity contribution is 0.0950. The molecular formula is C19H23N3O4S. The molecule has 1 N–H and O–H groups in total. The molecule has 0 unspecified atom stereocenters. The number of carbonyl (C=O) groups excluding carboxylic acids is 1. The first kappa shape index (κ1) is 19.3. The molecule has 1 saturated heterocycles. The summed E-state index contributed by atoms with van der Waals surface area (Å²) in [4.78, 5) is 19.2. The number of pyridine rings is 1. The van der Waals surface area contributed by atoms with Gasteiger partial charge in [0, 0.05) is 37.7 Å². The van der Waals surface area contributed by atoms with Crippen molar-refractivity contribution < 1.29 is 17.9 Å². The number of aryl methyl sites for hydroxylation is 1. The van der Waals surface area contributed by atoms with E-state index in [4.69, 9.17) is 4.74 Å². The molecule has 0 spiro atoms. The van der Waals surface area contributed by atoms with Crippen LogP contribution < -0.4 is 10.2 Å². The monoisotopic (exact) mass is 389 g/mol. The van der Waals surface area contributed by atoms with Gasteiger partial charge in [-0.1, -0.05) is 12.1 Å². The van der Waals surface area contributed by atoms with Crippen molar-refractivity contribution in [1.29, 1.82) is 0 Å². The van der Waals surface area contributed by atoms with Gasteiger partial charge in [0.15, 0.2) is 9.84 Å². The molecule has 144 valence electrons. The number of ether oxygens (including phenoxy) is 1. The summed E-state index contributed by atoms with van der Waals surface area (Å²) in [7, 11) is -3.36. The smallest absolute Gasteiger partial charge is 0.251 e. The van der Waals surface area contributed by atoms with Crippen LogP contribution in [0, 0.1) is 6.92 Å². The molecule has 1 aliphatic rings. The minimum Gasteiger partial charge on any atom is -0.378 e. The van der Waals surface area contributed by atoms with Crippen molar-refractivity contribution in [2.75, 3.05) is 37.5 Å². The minimum atomic E-state index is -3.36. The molecule has 0 aliphatic carbocycles. The Hall–Kier alpha value is -2.45.